The minimum Gasteiger partial charge on any atom is -0.302 e. The summed E-state index contributed by atoms with van der Waals surface area (Å²) >= 11 is 0. The van der Waals surface area contributed by atoms with Crippen molar-refractivity contribution < 1.29 is 0 Å². The first-order valence-electron chi connectivity index (χ1n) is 6.63. The van der Waals surface area contributed by atoms with E-state index in [1.807, 2.05) is 0 Å². The molecule has 16 heavy (non-hydrogen) atoms. The van der Waals surface area contributed by atoms with Crippen LogP contribution < -0.4 is 11.3 Å². The molecule has 0 rings (SSSR count). The predicted octanol–water partition coefficient (Wildman–Crippen LogP) is 2.37. The smallest absolute Gasteiger partial charge is 0.0419 e. The zero-order valence-electron chi connectivity index (χ0n) is 12.0. The summed E-state index contributed by atoms with van der Waals surface area (Å²) < 4.78 is 0. The molecular formula is C13H31N3. The Hall–Kier alpha value is -0.120. The third kappa shape index (κ3) is 3.19. The zero-order valence-corrected chi connectivity index (χ0v) is 12.0. The van der Waals surface area contributed by atoms with Crippen molar-refractivity contribution in [2.24, 2.45) is 11.8 Å². The summed E-state index contributed by atoms with van der Waals surface area (Å²) in [6.07, 6.45) is 4.69. The third-order valence-corrected chi connectivity index (χ3v) is 4.19. The van der Waals surface area contributed by atoms with Gasteiger partial charge in [0.05, 0.1) is 0 Å². The van der Waals surface area contributed by atoms with E-state index in [2.05, 4.69) is 52.1 Å². The zero-order chi connectivity index (χ0) is 12.8. The highest BCUT2D eigenvalue weighted by molar-refractivity contribution is 4.98. The van der Waals surface area contributed by atoms with Gasteiger partial charge in [-0.3, -0.25) is 11.3 Å². The van der Waals surface area contributed by atoms with Gasteiger partial charge in [-0.1, -0.05) is 34.1 Å². The summed E-state index contributed by atoms with van der Waals surface area (Å²) in [6, 6.07) is 0.359. The second-order valence-corrected chi connectivity index (χ2v) is 5.12. The predicted molar refractivity (Wildman–Crippen MR) is 72.2 cm³/mol. The Bertz CT molecular complexity index is 176. The number of hydrogen-bond acceptors (Lipinski definition) is 3. The van der Waals surface area contributed by atoms with Crippen molar-refractivity contribution in [1.82, 2.24) is 10.3 Å². The van der Waals surface area contributed by atoms with E-state index in [4.69, 9.17) is 5.84 Å². The fourth-order valence-electron chi connectivity index (χ4n) is 3.07. The van der Waals surface area contributed by atoms with Crippen LogP contribution in [0.2, 0.25) is 0 Å². The first-order valence-corrected chi connectivity index (χ1v) is 6.63. The van der Waals surface area contributed by atoms with E-state index >= 15 is 0 Å². The summed E-state index contributed by atoms with van der Waals surface area (Å²) in [4.78, 5) is 2.34. The normalized spacial score (nSPS) is 16.5. The summed E-state index contributed by atoms with van der Waals surface area (Å²) in [5, 5.41) is 0. The van der Waals surface area contributed by atoms with Crippen LogP contribution in [0.3, 0.4) is 0 Å². The van der Waals surface area contributed by atoms with E-state index in [-0.39, 0.29) is 5.54 Å². The Labute approximate surface area is 102 Å². The molecular weight excluding hydrogens is 198 g/mol. The van der Waals surface area contributed by atoms with Gasteiger partial charge in [-0.05, 0) is 39.3 Å². The van der Waals surface area contributed by atoms with Gasteiger partial charge in [0.2, 0.25) is 0 Å². The van der Waals surface area contributed by atoms with Crippen molar-refractivity contribution in [2.45, 2.75) is 65.0 Å². The molecule has 0 saturated heterocycles. The molecule has 0 aromatic heterocycles. The first kappa shape index (κ1) is 15.9. The number of likely N-dealkylation sites (N-methyl/N-ethyl adjacent to an activating group) is 1. The van der Waals surface area contributed by atoms with Gasteiger partial charge < -0.3 is 4.90 Å². The van der Waals surface area contributed by atoms with Crippen molar-refractivity contribution >= 4 is 0 Å². The molecule has 0 aromatic carbocycles. The SMILES string of the molecule is CCCC(C)C(NN)C(CC)(CC)N(C)C. The maximum atomic E-state index is 5.80. The molecule has 0 aliphatic rings. The van der Waals surface area contributed by atoms with Gasteiger partial charge in [0.15, 0.2) is 0 Å². The molecule has 0 heterocycles. The monoisotopic (exact) mass is 229 g/mol. The number of nitrogens with two attached hydrogens (primary N) is 1. The number of rotatable bonds is 8. The van der Waals surface area contributed by atoms with E-state index in [1.165, 1.54) is 12.8 Å². The molecule has 0 fully saturated rings. The van der Waals surface area contributed by atoms with E-state index in [0.29, 0.717) is 12.0 Å². The molecule has 0 saturated carbocycles. The highest BCUT2D eigenvalue weighted by Crippen LogP contribution is 2.31. The second-order valence-electron chi connectivity index (χ2n) is 5.12. The topological polar surface area (TPSA) is 41.3 Å². The van der Waals surface area contributed by atoms with Crippen LogP contribution in [0.25, 0.3) is 0 Å². The highest BCUT2D eigenvalue weighted by atomic mass is 15.3. The molecule has 0 amide bonds. The molecule has 0 aliphatic heterocycles. The molecule has 98 valence electrons. The van der Waals surface area contributed by atoms with Crippen LogP contribution in [0.1, 0.15) is 53.4 Å². The Kier molecular flexibility index (Phi) is 7.20. The third-order valence-electron chi connectivity index (χ3n) is 4.19. The van der Waals surface area contributed by atoms with E-state index in [9.17, 15) is 0 Å². The van der Waals surface area contributed by atoms with E-state index in [0.717, 1.165) is 12.8 Å². The molecule has 0 radical (unpaired) electrons. The average Bonchev–Trinajstić information content (AvgIpc) is 2.25. The van der Waals surface area contributed by atoms with Crippen LogP contribution in [-0.4, -0.2) is 30.6 Å². The van der Waals surface area contributed by atoms with Crippen molar-refractivity contribution in [1.29, 1.82) is 0 Å². The summed E-state index contributed by atoms with van der Waals surface area (Å²) in [7, 11) is 4.33. The quantitative estimate of drug-likeness (QED) is 0.496. The maximum absolute atomic E-state index is 5.80. The first-order chi connectivity index (χ1) is 7.49. The largest absolute Gasteiger partial charge is 0.302 e. The molecule has 0 bridgehead atoms. The molecule has 2 atom stereocenters. The Morgan fingerprint density at radius 1 is 1.19 bits per heavy atom. The van der Waals surface area contributed by atoms with Crippen LogP contribution in [0.5, 0.6) is 0 Å². The van der Waals surface area contributed by atoms with Crippen LogP contribution >= 0.6 is 0 Å². The van der Waals surface area contributed by atoms with Crippen LogP contribution in [0.4, 0.5) is 0 Å². The van der Waals surface area contributed by atoms with Crippen molar-refractivity contribution in [3.63, 3.8) is 0 Å². The fourth-order valence-corrected chi connectivity index (χ4v) is 3.07. The lowest BCUT2D eigenvalue weighted by Crippen LogP contribution is -2.62. The minimum atomic E-state index is 0.170. The number of hydrogen-bond donors (Lipinski definition) is 2. The number of hydrazine groups is 1. The lowest BCUT2D eigenvalue weighted by molar-refractivity contribution is 0.0607. The highest BCUT2D eigenvalue weighted by Gasteiger charge is 2.39. The molecule has 3 nitrogen and oxygen atoms in total. The summed E-state index contributed by atoms with van der Waals surface area (Å²) in [6.45, 7) is 9.05. The van der Waals surface area contributed by atoms with Gasteiger partial charge in [-0.2, -0.15) is 0 Å². The van der Waals surface area contributed by atoms with E-state index < -0.39 is 0 Å². The van der Waals surface area contributed by atoms with Gasteiger partial charge in [-0.15, -0.1) is 0 Å². The Morgan fingerprint density at radius 2 is 1.69 bits per heavy atom. The van der Waals surface area contributed by atoms with Crippen LogP contribution in [0.15, 0.2) is 0 Å². The fraction of sp³-hybridized carbons (Fsp3) is 1.00. The lowest BCUT2D eigenvalue weighted by atomic mass is 9.76. The standard InChI is InChI=1S/C13H31N3/c1-7-10-11(4)12(15-14)13(8-2,9-3)16(5)6/h11-12,15H,7-10,14H2,1-6H3. The lowest BCUT2D eigenvalue weighted by Gasteiger charge is -2.47. The van der Waals surface area contributed by atoms with Crippen molar-refractivity contribution in [3.05, 3.63) is 0 Å². The van der Waals surface area contributed by atoms with Gasteiger partial charge >= 0.3 is 0 Å². The van der Waals surface area contributed by atoms with Gasteiger partial charge in [0.1, 0.15) is 0 Å². The van der Waals surface area contributed by atoms with Crippen molar-refractivity contribution in [2.75, 3.05) is 14.1 Å². The number of nitrogens with zero attached hydrogens (tertiary/aromatic N) is 1. The molecule has 3 heteroatoms. The molecule has 0 spiro atoms. The summed E-state index contributed by atoms with van der Waals surface area (Å²) in [5.41, 5.74) is 3.24. The minimum absolute atomic E-state index is 0.170. The molecule has 3 N–H and O–H groups in total. The average molecular weight is 229 g/mol. The van der Waals surface area contributed by atoms with E-state index in [1.54, 1.807) is 0 Å². The molecule has 0 aliphatic carbocycles. The van der Waals surface area contributed by atoms with Gasteiger partial charge in [-0.25, -0.2) is 0 Å². The molecule has 2 unspecified atom stereocenters. The van der Waals surface area contributed by atoms with Crippen LogP contribution in [-0.2, 0) is 0 Å². The van der Waals surface area contributed by atoms with Gasteiger partial charge in [0.25, 0.3) is 0 Å². The number of nitrogens with one attached hydrogen (secondary N) is 1. The Morgan fingerprint density at radius 3 is 1.94 bits per heavy atom. The second kappa shape index (κ2) is 7.25. The van der Waals surface area contributed by atoms with Crippen LogP contribution in [0, 0.1) is 5.92 Å². The Balaban J connectivity index is 4.97. The van der Waals surface area contributed by atoms with Gasteiger partial charge in [0, 0.05) is 11.6 Å². The summed E-state index contributed by atoms with van der Waals surface area (Å²) in [5.74, 6) is 6.41. The molecule has 0 aromatic rings. The maximum Gasteiger partial charge on any atom is 0.0419 e. The van der Waals surface area contributed by atoms with Crippen molar-refractivity contribution in [3.8, 4) is 0 Å².